The molecule has 5 heteroatoms. The number of rotatable bonds is 2. The molecule has 0 aliphatic rings. The highest BCUT2D eigenvalue weighted by molar-refractivity contribution is 6.00. The number of aromatic amines is 1. The average molecular weight is 284 g/mol. The zero-order valence-electron chi connectivity index (χ0n) is 11.3. The quantitative estimate of drug-likeness (QED) is 0.760. The summed E-state index contributed by atoms with van der Waals surface area (Å²) in [6.45, 7) is 0. The number of halogens is 1. The van der Waals surface area contributed by atoms with Gasteiger partial charge in [0.05, 0.1) is 7.11 Å². The summed E-state index contributed by atoms with van der Waals surface area (Å²) in [6, 6.07) is 11.2. The van der Waals surface area contributed by atoms with Crippen molar-refractivity contribution in [2.45, 2.75) is 0 Å². The molecule has 1 heterocycles. The van der Waals surface area contributed by atoms with E-state index < -0.39 is 5.56 Å². The lowest BCUT2D eigenvalue weighted by Gasteiger charge is -2.11. The van der Waals surface area contributed by atoms with Gasteiger partial charge in [0.25, 0.3) is 5.56 Å². The molecule has 0 atom stereocenters. The first-order valence-corrected chi connectivity index (χ1v) is 6.35. The standard InChI is InChI=1S/C16H13FN2O2/c1-21-11-5-6-13-12(8-11)14(15(18)16(20)19-13)9-3-2-4-10(17)7-9/h2-8H,18H2,1H3,(H,19,20). The molecule has 0 fully saturated rings. The number of H-pyrrole nitrogens is 1. The molecular weight excluding hydrogens is 271 g/mol. The Bertz CT molecular complexity index is 887. The largest absolute Gasteiger partial charge is 0.497 e. The number of nitrogens with one attached hydrogen (secondary N) is 1. The molecule has 0 saturated carbocycles. The molecule has 0 amide bonds. The minimum Gasteiger partial charge on any atom is -0.497 e. The van der Waals surface area contributed by atoms with Crippen LogP contribution in [0.25, 0.3) is 22.0 Å². The first-order valence-electron chi connectivity index (χ1n) is 6.35. The topological polar surface area (TPSA) is 68.1 Å². The van der Waals surface area contributed by atoms with E-state index in [1.165, 1.54) is 12.1 Å². The van der Waals surface area contributed by atoms with Crippen LogP contribution in [0.5, 0.6) is 5.75 Å². The van der Waals surface area contributed by atoms with Crippen LogP contribution in [0, 0.1) is 5.82 Å². The van der Waals surface area contributed by atoms with Crippen molar-refractivity contribution < 1.29 is 9.13 Å². The lowest BCUT2D eigenvalue weighted by molar-refractivity contribution is 0.415. The Morgan fingerprint density at radius 3 is 2.71 bits per heavy atom. The molecule has 0 radical (unpaired) electrons. The van der Waals surface area contributed by atoms with Gasteiger partial charge in [-0.3, -0.25) is 4.79 Å². The van der Waals surface area contributed by atoms with Crippen molar-refractivity contribution in [1.82, 2.24) is 4.98 Å². The minimum absolute atomic E-state index is 0.0568. The van der Waals surface area contributed by atoms with Gasteiger partial charge in [-0.15, -0.1) is 0 Å². The van der Waals surface area contributed by atoms with Gasteiger partial charge in [0.1, 0.15) is 17.3 Å². The summed E-state index contributed by atoms with van der Waals surface area (Å²) < 4.78 is 18.7. The first kappa shape index (κ1) is 13.2. The number of pyridine rings is 1. The Morgan fingerprint density at radius 1 is 1.19 bits per heavy atom. The van der Waals surface area contributed by atoms with E-state index in [-0.39, 0.29) is 11.5 Å². The predicted octanol–water partition coefficient (Wildman–Crippen LogP) is 2.93. The van der Waals surface area contributed by atoms with Crippen molar-refractivity contribution in [2.24, 2.45) is 0 Å². The molecule has 0 spiro atoms. The summed E-state index contributed by atoms with van der Waals surface area (Å²) in [7, 11) is 1.55. The number of methoxy groups -OCH3 is 1. The number of hydrogen-bond acceptors (Lipinski definition) is 3. The number of nitrogen functional groups attached to an aromatic ring is 1. The van der Waals surface area contributed by atoms with E-state index in [0.717, 1.165) is 0 Å². The van der Waals surface area contributed by atoms with Crippen LogP contribution in [0.4, 0.5) is 10.1 Å². The van der Waals surface area contributed by atoms with Crippen molar-refractivity contribution in [2.75, 3.05) is 12.8 Å². The fourth-order valence-electron chi connectivity index (χ4n) is 2.37. The van der Waals surface area contributed by atoms with E-state index in [1.807, 2.05) is 0 Å². The summed E-state index contributed by atoms with van der Waals surface area (Å²) in [5.74, 6) is 0.245. The van der Waals surface area contributed by atoms with Crippen LogP contribution in [0.1, 0.15) is 0 Å². The van der Waals surface area contributed by atoms with Gasteiger partial charge < -0.3 is 15.5 Å². The number of ether oxygens (including phenoxy) is 1. The average Bonchev–Trinajstić information content (AvgIpc) is 2.48. The van der Waals surface area contributed by atoms with Gasteiger partial charge in [0.15, 0.2) is 0 Å². The van der Waals surface area contributed by atoms with E-state index in [4.69, 9.17) is 10.5 Å². The van der Waals surface area contributed by atoms with Crippen LogP contribution < -0.4 is 16.0 Å². The zero-order chi connectivity index (χ0) is 15.0. The molecule has 3 aromatic rings. The molecule has 21 heavy (non-hydrogen) atoms. The van der Waals surface area contributed by atoms with Crippen molar-refractivity contribution in [3.8, 4) is 16.9 Å². The maximum atomic E-state index is 13.5. The Labute approximate surface area is 120 Å². The number of fused-ring (bicyclic) bond motifs is 1. The van der Waals surface area contributed by atoms with Gasteiger partial charge in [0, 0.05) is 16.5 Å². The van der Waals surface area contributed by atoms with Gasteiger partial charge in [-0.25, -0.2) is 4.39 Å². The van der Waals surface area contributed by atoms with Gasteiger partial charge in [0.2, 0.25) is 0 Å². The maximum Gasteiger partial charge on any atom is 0.272 e. The van der Waals surface area contributed by atoms with Crippen LogP contribution in [-0.4, -0.2) is 12.1 Å². The van der Waals surface area contributed by atoms with Gasteiger partial charge in [-0.1, -0.05) is 12.1 Å². The van der Waals surface area contributed by atoms with Crippen LogP contribution in [0.2, 0.25) is 0 Å². The van der Waals surface area contributed by atoms with E-state index in [0.29, 0.717) is 27.8 Å². The van der Waals surface area contributed by atoms with Crippen molar-refractivity contribution in [3.63, 3.8) is 0 Å². The molecule has 3 N–H and O–H groups in total. The van der Waals surface area contributed by atoms with Gasteiger partial charge in [-0.05, 0) is 35.9 Å². The summed E-state index contributed by atoms with van der Waals surface area (Å²) in [5, 5.41) is 0.706. The highest BCUT2D eigenvalue weighted by Crippen LogP contribution is 2.33. The highest BCUT2D eigenvalue weighted by atomic mass is 19.1. The molecule has 2 aromatic carbocycles. The lowest BCUT2D eigenvalue weighted by Crippen LogP contribution is -2.13. The Balaban J connectivity index is 2.43. The number of hydrogen-bond donors (Lipinski definition) is 2. The molecule has 106 valence electrons. The minimum atomic E-state index is -0.396. The van der Waals surface area contributed by atoms with Crippen molar-refractivity contribution >= 4 is 16.6 Å². The monoisotopic (exact) mass is 284 g/mol. The summed E-state index contributed by atoms with van der Waals surface area (Å²) in [4.78, 5) is 14.7. The second-order valence-electron chi connectivity index (χ2n) is 4.66. The molecule has 1 aromatic heterocycles. The molecule has 0 aliphatic carbocycles. The Hall–Kier alpha value is -2.82. The third-order valence-electron chi connectivity index (χ3n) is 3.37. The summed E-state index contributed by atoms with van der Waals surface area (Å²) >= 11 is 0. The van der Waals surface area contributed by atoms with Crippen molar-refractivity contribution in [3.05, 3.63) is 58.6 Å². The second-order valence-corrected chi connectivity index (χ2v) is 4.66. The molecule has 0 unspecified atom stereocenters. The third-order valence-corrected chi connectivity index (χ3v) is 3.37. The summed E-state index contributed by atoms with van der Waals surface area (Å²) in [5.41, 5.74) is 7.25. The Kier molecular flexibility index (Phi) is 3.10. The number of benzene rings is 2. The first-order chi connectivity index (χ1) is 10.1. The molecule has 0 saturated heterocycles. The fraction of sp³-hybridized carbons (Fsp3) is 0.0625. The number of anilines is 1. The number of aromatic nitrogens is 1. The highest BCUT2D eigenvalue weighted by Gasteiger charge is 2.13. The molecule has 4 nitrogen and oxygen atoms in total. The second kappa shape index (κ2) is 4.94. The third kappa shape index (κ3) is 2.23. The normalized spacial score (nSPS) is 10.8. The van der Waals surface area contributed by atoms with E-state index in [2.05, 4.69) is 4.98 Å². The van der Waals surface area contributed by atoms with Crippen LogP contribution in [0.15, 0.2) is 47.3 Å². The van der Waals surface area contributed by atoms with Crippen LogP contribution in [-0.2, 0) is 0 Å². The Morgan fingerprint density at radius 2 is 2.00 bits per heavy atom. The van der Waals surface area contributed by atoms with Crippen molar-refractivity contribution in [1.29, 1.82) is 0 Å². The zero-order valence-corrected chi connectivity index (χ0v) is 11.3. The van der Waals surface area contributed by atoms with E-state index >= 15 is 0 Å². The molecule has 0 aliphatic heterocycles. The van der Waals surface area contributed by atoms with Gasteiger partial charge in [-0.2, -0.15) is 0 Å². The smallest absolute Gasteiger partial charge is 0.272 e. The van der Waals surface area contributed by atoms with Crippen LogP contribution in [0.3, 0.4) is 0 Å². The molecule has 3 rings (SSSR count). The fourth-order valence-corrected chi connectivity index (χ4v) is 2.37. The van der Waals surface area contributed by atoms with Gasteiger partial charge >= 0.3 is 0 Å². The SMILES string of the molecule is COc1ccc2[nH]c(=O)c(N)c(-c3cccc(F)c3)c2c1. The van der Waals surface area contributed by atoms with E-state index in [1.54, 1.807) is 37.4 Å². The predicted molar refractivity (Wildman–Crippen MR) is 80.9 cm³/mol. The van der Waals surface area contributed by atoms with E-state index in [9.17, 15) is 9.18 Å². The number of nitrogens with two attached hydrogens (primary N) is 1. The van der Waals surface area contributed by atoms with Crippen LogP contribution >= 0.6 is 0 Å². The molecular formula is C16H13FN2O2. The maximum absolute atomic E-state index is 13.5. The lowest BCUT2D eigenvalue weighted by atomic mass is 9.99. The molecule has 0 bridgehead atoms. The summed E-state index contributed by atoms with van der Waals surface area (Å²) in [6.07, 6.45) is 0.